The minimum Gasteiger partial charge on any atom is -0.487 e. The summed E-state index contributed by atoms with van der Waals surface area (Å²) in [7, 11) is 1.49. The molecule has 3 rings (SSSR count). The van der Waals surface area contributed by atoms with E-state index in [9.17, 15) is 23.2 Å². The summed E-state index contributed by atoms with van der Waals surface area (Å²) in [6.07, 6.45) is 1.51. The highest BCUT2D eigenvalue weighted by molar-refractivity contribution is 5.94. The van der Waals surface area contributed by atoms with Gasteiger partial charge >= 0.3 is 12.6 Å². The van der Waals surface area contributed by atoms with Gasteiger partial charge in [0.1, 0.15) is 12.3 Å². The Hall–Kier alpha value is -3.76. The molecule has 0 spiro atoms. The molecule has 1 N–H and O–H groups in total. The molecule has 0 aliphatic carbocycles. The van der Waals surface area contributed by atoms with Gasteiger partial charge in [-0.05, 0) is 50.1 Å². The third kappa shape index (κ3) is 6.67. The Morgan fingerprint density at radius 2 is 1.89 bits per heavy atom. The van der Waals surface area contributed by atoms with Crippen molar-refractivity contribution in [2.45, 2.75) is 51.9 Å². The van der Waals surface area contributed by atoms with E-state index < -0.39 is 12.6 Å². The van der Waals surface area contributed by atoms with E-state index >= 15 is 0 Å². The Balaban J connectivity index is 1.71. The molecule has 36 heavy (non-hydrogen) atoms. The van der Waals surface area contributed by atoms with E-state index in [4.69, 9.17) is 9.47 Å². The number of ether oxygens (including phenoxy) is 3. The number of aromatic nitrogens is 1. The topological polar surface area (TPSA) is 107 Å². The predicted octanol–water partition coefficient (Wildman–Crippen LogP) is 3.39. The molecule has 0 radical (unpaired) electrons. The van der Waals surface area contributed by atoms with Crippen LogP contribution in [0.1, 0.15) is 59.5 Å². The van der Waals surface area contributed by atoms with Gasteiger partial charge in [0.15, 0.2) is 11.5 Å². The number of amides is 2. The number of alkyl halides is 2. The van der Waals surface area contributed by atoms with Crippen molar-refractivity contribution in [3.8, 4) is 11.5 Å². The number of hydrogen-bond acceptors (Lipinski definition) is 7. The highest BCUT2D eigenvalue weighted by atomic mass is 19.3. The Morgan fingerprint density at radius 3 is 2.47 bits per heavy atom. The number of carbonyl (C=O) groups excluding carboxylic acids is 3. The van der Waals surface area contributed by atoms with Gasteiger partial charge in [0, 0.05) is 32.6 Å². The Morgan fingerprint density at radius 1 is 1.14 bits per heavy atom. The van der Waals surface area contributed by atoms with E-state index in [-0.39, 0.29) is 53.7 Å². The number of rotatable bonds is 9. The molecule has 194 valence electrons. The fourth-order valence-electron chi connectivity index (χ4n) is 4.06. The van der Waals surface area contributed by atoms with Gasteiger partial charge in [-0.1, -0.05) is 6.07 Å². The lowest BCUT2D eigenvalue weighted by Gasteiger charge is -2.22. The number of nitrogens with one attached hydrogen (secondary N) is 1. The maximum Gasteiger partial charge on any atom is 0.387 e. The van der Waals surface area contributed by atoms with Crippen molar-refractivity contribution in [3.05, 3.63) is 53.3 Å². The van der Waals surface area contributed by atoms with Crippen LogP contribution in [0.25, 0.3) is 0 Å². The van der Waals surface area contributed by atoms with Crippen molar-refractivity contribution >= 4 is 17.8 Å². The number of carbonyl (C=O) groups is 3. The van der Waals surface area contributed by atoms with Crippen molar-refractivity contribution in [2.24, 2.45) is 0 Å². The van der Waals surface area contributed by atoms with Gasteiger partial charge in [-0.2, -0.15) is 8.78 Å². The summed E-state index contributed by atoms with van der Waals surface area (Å²) in [6.45, 7) is 2.32. The maximum absolute atomic E-state index is 12.8. The number of nitrogens with zero attached hydrogens (tertiary/aromatic N) is 2. The normalized spacial score (nSPS) is 17.3. The average Bonchev–Trinajstić information content (AvgIpc) is 3.27. The second kappa shape index (κ2) is 11.8. The van der Waals surface area contributed by atoms with Gasteiger partial charge < -0.3 is 24.4 Å². The van der Waals surface area contributed by atoms with Crippen LogP contribution >= 0.6 is 0 Å². The van der Waals surface area contributed by atoms with E-state index in [2.05, 4.69) is 15.0 Å². The second-order valence-corrected chi connectivity index (χ2v) is 8.62. The van der Waals surface area contributed by atoms with Crippen molar-refractivity contribution in [1.82, 2.24) is 15.2 Å². The van der Waals surface area contributed by atoms with Gasteiger partial charge in [-0.15, -0.1) is 0 Å². The Labute approximate surface area is 207 Å². The second-order valence-electron chi connectivity index (χ2n) is 8.62. The van der Waals surface area contributed by atoms with Crippen LogP contribution in [0.2, 0.25) is 0 Å². The quantitative estimate of drug-likeness (QED) is 0.521. The first-order valence-electron chi connectivity index (χ1n) is 11.5. The number of esters is 1. The summed E-state index contributed by atoms with van der Waals surface area (Å²) < 4.78 is 41.2. The van der Waals surface area contributed by atoms with Gasteiger partial charge in [-0.3, -0.25) is 9.59 Å². The van der Waals surface area contributed by atoms with Crippen molar-refractivity contribution in [1.29, 1.82) is 0 Å². The Kier molecular flexibility index (Phi) is 8.78. The summed E-state index contributed by atoms with van der Waals surface area (Å²) in [5.74, 6) is -1.18. The number of pyridine rings is 1. The van der Waals surface area contributed by atoms with Gasteiger partial charge in [-0.25, -0.2) is 9.78 Å². The molecule has 9 nitrogen and oxygen atoms in total. The molecule has 2 atom stereocenters. The number of benzene rings is 1. The number of hydrogen-bond donors (Lipinski definition) is 1. The third-order valence-corrected chi connectivity index (χ3v) is 5.71. The van der Waals surface area contributed by atoms with Crippen molar-refractivity contribution < 1.29 is 37.4 Å². The predicted molar refractivity (Wildman–Crippen MR) is 125 cm³/mol. The zero-order chi connectivity index (χ0) is 26.4. The maximum atomic E-state index is 12.8. The molecular formula is C25H29F2N3O6. The highest BCUT2D eigenvalue weighted by Crippen LogP contribution is 2.38. The van der Waals surface area contributed by atoms with Crippen LogP contribution in [0, 0.1) is 0 Å². The van der Waals surface area contributed by atoms with Crippen LogP contribution in [0.4, 0.5) is 8.78 Å². The Bertz CT molecular complexity index is 1090. The van der Waals surface area contributed by atoms with E-state index in [1.165, 1.54) is 38.4 Å². The minimum absolute atomic E-state index is 0.0386. The fourth-order valence-corrected chi connectivity index (χ4v) is 4.06. The zero-order valence-corrected chi connectivity index (χ0v) is 20.5. The lowest BCUT2D eigenvalue weighted by molar-refractivity contribution is -0.130. The van der Waals surface area contributed by atoms with E-state index in [1.54, 1.807) is 30.9 Å². The van der Waals surface area contributed by atoms with Crippen LogP contribution in [0.3, 0.4) is 0 Å². The molecular weight excluding hydrogens is 476 g/mol. The number of likely N-dealkylation sites (tertiary alicyclic amines) is 1. The summed E-state index contributed by atoms with van der Waals surface area (Å²) >= 11 is 0. The molecule has 1 aromatic heterocycles. The largest absolute Gasteiger partial charge is 0.487 e. The minimum atomic E-state index is -2.99. The molecule has 2 aromatic rings. The summed E-state index contributed by atoms with van der Waals surface area (Å²) in [4.78, 5) is 42.0. The highest BCUT2D eigenvalue weighted by Gasteiger charge is 2.36. The van der Waals surface area contributed by atoms with Gasteiger partial charge in [0.05, 0.1) is 17.7 Å². The van der Waals surface area contributed by atoms with E-state index in [0.717, 1.165) is 5.56 Å². The first-order valence-corrected chi connectivity index (χ1v) is 11.5. The molecule has 1 aliphatic heterocycles. The number of halogens is 2. The molecule has 11 heteroatoms. The van der Waals surface area contributed by atoms with E-state index in [1.807, 2.05) is 0 Å². The van der Waals surface area contributed by atoms with E-state index in [0.29, 0.717) is 18.5 Å². The van der Waals surface area contributed by atoms with Crippen LogP contribution in [0.15, 0.2) is 36.5 Å². The first-order chi connectivity index (χ1) is 17.1. The molecule has 0 saturated carbocycles. The molecule has 2 amide bonds. The standard InChI is InChI=1S/C25H29F2N3O6/c1-14(2)35-22-10-16(6-8-21(22)36-25(26)27)18-9-19(30(12-18)15(3)31)13-34-24(33)20-7-5-17(11-29-20)23(32)28-4/h5-8,10-11,14,18-19,25H,9,12-13H2,1-4H3,(H,28,32)/t18-,19-/m1/s1. The summed E-state index contributed by atoms with van der Waals surface area (Å²) in [6, 6.07) is 7.22. The molecule has 0 unspecified atom stereocenters. The van der Waals surface area contributed by atoms with Crippen molar-refractivity contribution in [3.63, 3.8) is 0 Å². The third-order valence-electron chi connectivity index (χ3n) is 5.71. The molecule has 0 bridgehead atoms. The van der Waals surface area contributed by atoms with Gasteiger partial charge in [0.2, 0.25) is 5.91 Å². The molecule has 1 saturated heterocycles. The van der Waals surface area contributed by atoms with Crippen LogP contribution in [0.5, 0.6) is 11.5 Å². The monoisotopic (exact) mass is 505 g/mol. The molecule has 2 heterocycles. The summed E-state index contributed by atoms with van der Waals surface area (Å²) in [5.41, 5.74) is 1.14. The van der Waals surface area contributed by atoms with Crippen LogP contribution < -0.4 is 14.8 Å². The zero-order valence-electron chi connectivity index (χ0n) is 20.5. The van der Waals surface area contributed by atoms with Crippen LogP contribution in [-0.4, -0.2) is 66.6 Å². The molecule has 1 aliphatic rings. The summed E-state index contributed by atoms with van der Waals surface area (Å²) in [5, 5.41) is 2.47. The SMILES string of the molecule is CNC(=O)c1ccc(C(=O)OC[C@H]2C[C@@H](c3ccc(OC(F)F)c(OC(C)C)c3)CN2C(C)=O)nc1. The molecule has 1 fully saturated rings. The lowest BCUT2D eigenvalue weighted by Crippen LogP contribution is -2.37. The smallest absolute Gasteiger partial charge is 0.387 e. The first kappa shape index (κ1) is 26.8. The lowest BCUT2D eigenvalue weighted by atomic mass is 9.96. The molecule has 1 aromatic carbocycles. The van der Waals surface area contributed by atoms with Crippen LogP contribution in [-0.2, 0) is 9.53 Å². The van der Waals surface area contributed by atoms with Gasteiger partial charge in [0.25, 0.3) is 5.91 Å². The van der Waals surface area contributed by atoms with Crippen molar-refractivity contribution in [2.75, 3.05) is 20.2 Å². The fraction of sp³-hybridized carbons (Fsp3) is 0.440. The average molecular weight is 506 g/mol.